The van der Waals surface area contributed by atoms with Crippen LogP contribution in [0.1, 0.15) is 78.1 Å². The van der Waals surface area contributed by atoms with Crippen LogP contribution in [0.3, 0.4) is 0 Å². The van der Waals surface area contributed by atoms with Crippen LogP contribution in [-0.4, -0.2) is 70.0 Å². The fraction of sp³-hybridized carbons (Fsp3) is 0.900. The first-order valence-corrected chi connectivity index (χ1v) is 10.3. The molecule has 0 saturated carbocycles. The number of ether oxygens (including phenoxy) is 2. The molecule has 0 aliphatic rings. The minimum atomic E-state index is -1.96. The molecule has 0 fully saturated rings. The van der Waals surface area contributed by atoms with E-state index in [0.717, 1.165) is 51.4 Å². The van der Waals surface area contributed by atoms with E-state index in [0.29, 0.717) is 12.8 Å². The van der Waals surface area contributed by atoms with Crippen molar-refractivity contribution in [2.45, 2.75) is 102 Å². The van der Waals surface area contributed by atoms with Gasteiger partial charge in [0.25, 0.3) is 0 Å². The third-order valence-corrected chi connectivity index (χ3v) is 4.30. The number of hydrogen-bond acceptors (Lipinski definition) is 8. The van der Waals surface area contributed by atoms with Gasteiger partial charge in [0, 0.05) is 0 Å². The third kappa shape index (κ3) is 14.8. The molecule has 0 bridgehead atoms. The first-order valence-electron chi connectivity index (χ1n) is 10.3. The molecule has 4 unspecified atom stereocenters. The van der Waals surface area contributed by atoms with Gasteiger partial charge < -0.3 is 29.9 Å². The number of carbonyl (C=O) groups excluding carboxylic acids is 2. The van der Waals surface area contributed by atoms with Gasteiger partial charge in [0.05, 0.1) is 25.4 Å². The summed E-state index contributed by atoms with van der Waals surface area (Å²) in [5.41, 5.74) is 0. The van der Waals surface area contributed by atoms with Gasteiger partial charge in [0.15, 0.2) is 12.2 Å². The molecule has 4 atom stereocenters. The Balaban J connectivity index is 3.79. The summed E-state index contributed by atoms with van der Waals surface area (Å²) in [6.07, 6.45) is 3.33. The van der Waals surface area contributed by atoms with Crippen LogP contribution in [0.2, 0.25) is 0 Å². The lowest BCUT2D eigenvalue weighted by atomic mass is 10.1. The summed E-state index contributed by atoms with van der Waals surface area (Å²) >= 11 is 0. The molecule has 0 spiro atoms. The molecule has 0 rings (SSSR count). The molecule has 166 valence electrons. The van der Waals surface area contributed by atoms with Crippen molar-refractivity contribution < 1.29 is 39.5 Å². The average Bonchev–Trinajstić information content (AvgIpc) is 2.64. The van der Waals surface area contributed by atoms with E-state index in [9.17, 15) is 19.8 Å². The van der Waals surface area contributed by atoms with Crippen LogP contribution < -0.4 is 0 Å². The Morgan fingerprint density at radius 1 is 0.607 bits per heavy atom. The molecule has 0 aliphatic carbocycles. The Morgan fingerprint density at radius 2 is 0.929 bits per heavy atom. The van der Waals surface area contributed by atoms with Crippen molar-refractivity contribution in [2.75, 3.05) is 13.2 Å². The zero-order valence-electron chi connectivity index (χ0n) is 17.2. The number of aliphatic hydroxyl groups is 4. The molecular weight excluding hydrogens is 368 g/mol. The number of rotatable bonds is 17. The first-order chi connectivity index (χ1) is 13.3. The van der Waals surface area contributed by atoms with Gasteiger partial charge in [-0.25, -0.2) is 9.59 Å². The van der Waals surface area contributed by atoms with Crippen LogP contribution in [0.15, 0.2) is 0 Å². The standard InChI is InChI=1S/C20H38O8/c1-15(21)11-7-3-5-9-13-27-19(25)17(23)18(24)20(26)28-14-10-6-4-8-12-16(2)22/h15-18,21-24H,3-14H2,1-2H3. The smallest absolute Gasteiger partial charge is 0.338 e. The molecule has 8 heteroatoms. The van der Waals surface area contributed by atoms with E-state index < -0.39 is 24.1 Å². The van der Waals surface area contributed by atoms with Crippen molar-refractivity contribution in [2.24, 2.45) is 0 Å². The summed E-state index contributed by atoms with van der Waals surface area (Å²) in [7, 11) is 0. The van der Waals surface area contributed by atoms with E-state index in [2.05, 4.69) is 0 Å². The zero-order valence-corrected chi connectivity index (χ0v) is 17.2. The van der Waals surface area contributed by atoms with Gasteiger partial charge in [-0.1, -0.05) is 38.5 Å². The average molecular weight is 407 g/mol. The van der Waals surface area contributed by atoms with Crippen LogP contribution in [0, 0.1) is 0 Å². The number of unbranched alkanes of at least 4 members (excludes halogenated alkanes) is 6. The lowest BCUT2D eigenvalue weighted by Crippen LogP contribution is -2.41. The quantitative estimate of drug-likeness (QED) is 0.211. The highest BCUT2D eigenvalue weighted by atomic mass is 16.6. The highest BCUT2D eigenvalue weighted by Gasteiger charge is 2.32. The maximum absolute atomic E-state index is 11.7. The van der Waals surface area contributed by atoms with E-state index in [1.165, 1.54) is 0 Å². The molecular formula is C20H38O8. The van der Waals surface area contributed by atoms with Gasteiger partial charge in [-0.3, -0.25) is 0 Å². The topological polar surface area (TPSA) is 134 Å². The Bertz CT molecular complexity index is 373. The maximum Gasteiger partial charge on any atom is 0.338 e. The van der Waals surface area contributed by atoms with Crippen molar-refractivity contribution in [3.8, 4) is 0 Å². The van der Waals surface area contributed by atoms with E-state index in [1.807, 2.05) is 0 Å². The van der Waals surface area contributed by atoms with E-state index in [-0.39, 0.29) is 25.4 Å². The molecule has 0 amide bonds. The molecule has 28 heavy (non-hydrogen) atoms. The number of hydrogen-bond donors (Lipinski definition) is 4. The second-order valence-electron chi connectivity index (χ2n) is 7.33. The first kappa shape index (κ1) is 26.8. The molecule has 0 aromatic rings. The molecule has 0 saturated heterocycles. The Labute approximate surface area is 167 Å². The molecule has 0 aromatic carbocycles. The van der Waals surface area contributed by atoms with Crippen LogP contribution in [0.5, 0.6) is 0 Å². The van der Waals surface area contributed by atoms with Gasteiger partial charge in [-0.05, 0) is 39.5 Å². The third-order valence-electron chi connectivity index (χ3n) is 4.30. The number of esters is 2. The van der Waals surface area contributed by atoms with Gasteiger partial charge in [0.1, 0.15) is 0 Å². The normalized spacial score (nSPS) is 15.5. The van der Waals surface area contributed by atoms with E-state index >= 15 is 0 Å². The highest BCUT2D eigenvalue weighted by Crippen LogP contribution is 2.08. The van der Waals surface area contributed by atoms with Crippen molar-refractivity contribution in [1.29, 1.82) is 0 Å². The zero-order chi connectivity index (χ0) is 21.4. The van der Waals surface area contributed by atoms with Crippen molar-refractivity contribution in [1.82, 2.24) is 0 Å². The summed E-state index contributed by atoms with van der Waals surface area (Å²) in [6.45, 7) is 3.66. The summed E-state index contributed by atoms with van der Waals surface area (Å²) in [6, 6.07) is 0. The Kier molecular flexibility index (Phi) is 16.0. The Morgan fingerprint density at radius 3 is 1.25 bits per heavy atom. The van der Waals surface area contributed by atoms with Crippen LogP contribution >= 0.6 is 0 Å². The SMILES string of the molecule is CC(O)CCCCCCOC(=O)C(O)C(O)C(=O)OCCCCCCC(C)O. The van der Waals surface area contributed by atoms with Crippen molar-refractivity contribution in [3.63, 3.8) is 0 Å². The fourth-order valence-electron chi connectivity index (χ4n) is 2.56. The maximum atomic E-state index is 11.7. The second kappa shape index (κ2) is 16.7. The van der Waals surface area contributed by atoms with Crippen LogP contribution in [-0.2, 0) is 19.1 Å². The summed E-state index contributed by atoms with van der Waals surface area (Å²) in [5, 5.41) is 37.7. The Hall–Kier alpha value is -1.22. The molecule has 0 heterocycles. The summed E-state index contributed by atoms with van der Waals surface area (Å²) in [5.74, 6) is -2.10. The minimum Gasteiger partial charge on any atom is -0.464 e. The molecule has 0 aliphatic heterocycles. The predicted octanol–water partition coefficient (Wildman–Crippen LogP) is 1.46. The summed E-state index contributed by atoms with van der Waals surface area (Å²) in [4.78, 5) is 23.4. The molecule has 8 nitrogen and oxygen atoms in total. The predicted molar refractivity (Wildman–Crippen MR) is 103 cm³/mol. The number of carbonyl (C=O) groups is 2. The molecule has 0 aromatic heterocycles. The lowest BCUT2D eigenvalue weighted by Gasteiger charge is -2.16. The fourth-order valence-corrected chi connectivity index (χ4v) is 2.56. The van der Waals surface area contributed by atoms with E-state index in [1.54, 1.807) is 13.8 Å². The van der Waals surface area contributed by atoms with Crippen LogP contribution in [0.4, 0.5) is 0 Å². The molecule has 0 radical (unpaired) electrons. The van der Waals surface area contributed by atoms with Crippen molar-refractivity contribution >= 4 is 11.9 Å². The van der Waals surface area contributed by atoms with Gasteiger partial charge in [-0.2, -0.15) is 0 Å². The second-order valence-corrected chi connectivity index (χ2v) is 7.33. The number of aliphatic hydroxyl groups excluding tert-OH is 4. The van der Waals surface area contributed by atoms with Gasteiger partial charge in [0.2, 0.25) is 0 Å². The highest BCUT2D eigenvalue weighted by molar-refractivity contribution is 5.85. The largest absolute Gasteiger partial charge is 0.464 e. The van der Waals surface area contributed by atoms with Gasteiger partial charge >= 0.3 is 11.9 Å². The van der Waals surface area contributed by atoms with Gasteiger partial charge in [-0.15, -0.1) is 0 Å². The monoisotopic (exact) mass is 406 g/mol. The summed E-state index contributed by atoms with van der Waals surface area (Å²) < 4.78 is 9.73. The molecule has 4 N–H and O–H groups in total. The lowest BCUT2D eigenvalue weighted by molar-refractivity contribution is -0.173. The van der Waals surface area contributed by atoms with Crippen LogP contribution in [0.25, 0.3) is 0 Å². The van der Waals surface area contributed by atoms with E-state index in [4.69, 9.17) is 19.7 Å². The van der Waals surface area contributed by atoms with Crippen molar-refractivity contribution in [3.05, 3.63) is 0 Å². The minimum absolute atomic E-state index is 0.0960.